The first-order valence-corrected chi connectivity index (χ1v) is 5.67. The normalized spacial score (nSPS) is 12.3. The van der Waals surface area contributed by atoms with E-state index in [0.29, 0.717) is 4.34 Å². The molecule has 1 unspecified atom stereocenters. The van der Waals surface area contributed by atoms with Gasteiger partial charge in [0.05, 0.1) is 11.3 Å². The molecule has 1 rings (SSSR count). The second-order valence-corrected chi connectivity index (χ2v) is 5.44. The highest BCUT2D eigenvalue weighted by atomic mass is 32.2. The lowest BCUT2D eigenvalue weighted by Gasteiger charge is -2.03. The maximum absolute atomic E-state index is 10.4. The van der Waals surface area contributed by atoms with Crippen molar-refractivity contribution in [2.45, 2.75) is 22.9 Å². The molecule has 1 atom stereocenters. The zero-order chi connectivity index (χ0) is 11.4. The summed E-state index contributed by atoms with van der Waals surface area (Å²) in [6.07, 6.45) is 1.19. The van der Waals surface area contributed by atoms with Crippen LogP contribution in [0.2, 0.25) is 0 Å². The lowest BCUT2D eigenvalue weighted by atomic mass is 10.3. The van der Waals surface area contributed by atoms with Gasteiger partial charge < -0.3 is 5.11 Å². The number of thiazole rings is 1. The summed E-state index contributed by atoms with van der Waals surface area (Å²) in [5, 5.41) is 18.7. The van der Waals surface area contributed by atoms with Crippen molar-refractivity contribution in [3.8, 4) is 0 Å². The van der Waals surface area contributed by atoms with Crippen LogP contribution in [0.4, 0.5) is 5.00 Å². The van der Waals surface area contributed by atoms with Crippen molar-refractivity contribution < 1.29 is 14.8 Å². The largest absolute Gasteiger partial charge is 0.481 e. The molecule has 0 radical (unpaired) electrons. The lowest BCUT2D eigenvalue weighted by molar-refractivity contribution is -0.380. The summed E-state index contributed by atoms with van der Waals surface area (Å²) in [7, 11) is 0. The molecule has 1 N–H and O–H groups in total. The maximum atomic E-state index is 10.4. The van der Waals surface area contributed by atoms with Gasteiger partial charge in [0.1, 0.15) is 6.20 Å². The van der Waals surface area contributed by atoms with Crippen molar-refractivity contribution in [1.82, 2.24) is 4.98 Å². The van der Waals surface area contributed by atoms with Gasteiger partial charge >= 0.3 is 11.0 Å². The predicted octanol–water partition coefficient (Wildman–Crippen LogP) is 2.01. The van der Waals surface area contributed by atoms with E-state index in [4.69, 9.17) is 5.11 Å². The second kappa shape index (κ2) is 5.08. The Morgan fingerprint density at radius 2 is 2.53 bits per heavy atom. The maximum Gasteiger partial charge on any atom is 0.344 e. The summed E-state index contributed by atoms with van der Waals surface area (Å²) in [5.41, 5.74) is 0. The molecule has 0 aliphatic rings. The van der Waals surface area contributed by atoms with E-state index >= 15 is 0 Å². The monoisotopic (exact) mass is 248 g/mol. The quantitative estimate of drug-likeness (QED) is 0.486. The number of thioether (sulfide) groups is 1. The minimum Gasteiger partial charge on any atom is -0.481 e. The van der Waals surface area contributed by atoms with Gasteiger partial charge in [-0.25, -0.2) is 4.98 Å². The van der Waals surface area contributed by atoms with Gasteiger partial charge in [-0.05, 0) is 11.3 Å². The molecule has 0 saturated carbocycles. The van der Waals surface area contributed by atoms with E-state index in [2.05, 4.69) is 4.98 Å². The van der Waals surface area contributed by atoms with E-state index in [0.717, 1.165) is 11.3 Å². The van der Waals surface area contributed by atoms with Gasteiger partial charge in [0.15, 0.2) is 4.34 Å². The number of aliphatic carboxylic acids is 1. The Labute approximate surface area is 93.5 Å². The Morgan fingerprint density at radius 3 is 3.00 bits per heavy atom. The first kappa shape index (κ1) is 11.9. The van der Waals surface area contributed by atoms with E-state index in [1.165, 1.54) is 18.0 Å². The molecule has 0 aromatic carbocycles. The molecule has 0 fully saturated rings. The molecule has 0 aliphatic heterocycles. The zero-order valence-corrected chi connectivity index (χ0v) is 9.38. The molecule has 6 nitrogen and oxygen atoms in total. The van der Waals surface area contributed by atoms with Crippen LogP contribution in [0.25, 0.3) is 0 Å². The fourth-order valence-electron chi connectivity index (χ4n) is 0.849. The van der Waals surface area contributed by atoms with Crippen LogP contribution in [0, 0.1) is 10.1 Å². The Morgan fingerprint density at radius 1 is 1.87 bits per heavy atom. The molecule has 0 amide bonds. The number of rotatable bonds is 5. The van der Waals surface area contributed by atoms with Crippen LogP contribution < -0.4 is 0 Å². The van der Waals surface area contributed by atoms with E-state index in [1.54, 1.807) is 6.92 Å². The van der Waals surface area contributed by atoms with Gasteiger partial charge in [0, 0.05) is 5.25 Å². The van der Waals surface area contributed by atoms with E-state index in [-0.39, 0.29) is 16.7 Å². The Kier molecular flexibility index (Phi) is 4.04. The molecular weight excluding hydrogens is 240 g/mol. The summed E-state index contributed by atoms with van der Waals surface area (Å²) >= 11 is 2.19. The number of aromatic nitrogens is 1. The van der Waals surface area contributed by atoms with Crippen LogP contribution in [0.3, 0.4) is 0 Å². The van der Waals surface area contributed by atoms with Crippen LogP contribution in [-0.2, 0) is 4.79 Å². The van der Waals surface area contributed by atoms with Gasteiger partial charge in [-0.2, -0.15) is 0 Å². The lowest BCUT2D eigenvalue weighted by Crippen LogP contribution is -2.05. The van der Waals surface area contributed by atoms with Gasteiger partial charge in [-0.15, -0.1) is 0 Å². The number of carboxylic acids is 1. The van der Waals surface area contributed by atoms with Gasteiger partial charge in [-0.3, -0.25) is 14.9 Å². The summed E-state index contributed by atoms with van der Waals surface area (Å²) in [6.45, 7) is 1.74. The number of nitro groups is 1. The summed E-state index contributed by atoms with van der Waals surface area (Å²) in [6, 6.07) is 0. The SMILES string of the molecule is CC(CC(=O)O)Sc1ncc([N+](=O)[O-])s1. The Hall–Kier alpha value is -1.15. The third kappa shape index (κ3) is 3.84. The predicted molar refractivity (Wildman–Crippen MR) is 56.3 cm³/mol. The number of hydrogen-bond donors (Lipinski definition) is 1. The van der Waals surface area contributed by atoms with Crippen molar-refractivity contribution in [2.75, 3.05) is 0 Å². The fraction of sp³-hybridized carbons (Fsp3) is 0.429. The molecule has 82 valence electrons. The van der Waals surface area contributed by atoms with E-state index < -0.39 is 10.9 Å². The second-order valence-electron chi connectivity index (χ2n) is 2.75. The zero-order valence-electron chi connectivity index (χ0n) is 7.74. The molecule has 0 saturated heterocycles. The highest BCUT2D eigenvalue weighted by Gasteiger charge is 2.15. The molecule has 0 spiro atoms. The van der Waals surface area contributed by atoms with Crippen LogP contribution in [0.5, 0.6) is 0 Å². The van der Waals surface area contributed by atoms with Crippen LogP contribution in [0.1, 0.15) is 13.3 Å². The van der Waals surface area contributed by atoms with Crippen molar-refractivity contribution in [3.05, 3.63) is 16.3 Å². The molecule has 1 aromatic rings. The van der Waals surface area contributed by atoms with Crippen LogP contribution >= 0.6 is 23.1 Å². The number of nitrogens with zero attached hydrogens (tertiary/aromatic N) is 2. The van der Waals surface area contributed by atoms with Crippen LogP contribution in [0.15, 0.2) is 10.5 Å². The topological polar surface area (TPSA) is 93.3 Å². The average Bonchev–Trinajstić information content (AvgIpc) is 2.50. The highest BCUT2D eigenvalue weighted by molar-refractivity contribution is 8.01. The molecular formula is C7H8N2O4S2. The Bertz CT molecular complexity index is 379. The molecule has 8 heteroatoms. The Balaban J connectivity index is 2.57. The van der Waals surface area contributed by atoms with E-state index in [9.17, 15) is 14.9 Å². The van der Waals surface area contributed by atoms with Gasteiger partial charge in [-0.1, -0.05) is 18.7 Å². The highest BCUT2D eigenvalue weighted by Crippen LogP contribution is 2.32. The standard InChI is InChI=1S/C7H8N2O4S2/c1-4(2-6(10)11)14-7-8-3-5(15-7)9(12)13/h3-4H,2H2,1H3,(H,10,11). The summed E-state index contributed by atoms with van der Waals surface area (Å²) in [5.74, 6) is -0.888. The van der Waals surface area contributed by atoms with Crippen molar-refractivity contribution in [1.29, 1.82) is 0 Å². The summed E-state index contributed by atoms with van der Waals surface area (Å²) in [4.78, 5) is 24.0. The van der Waals surface area contributed by atoms with Crippen molar-refractivity contribution >= 4 is 34.1 Å². The third-order valence-electron chi connectivity index (χ3n) is 1.42. The molecule has 15 heavy (non-hydrogen) atoms. The van der Waals surface area contributed by atoms with Crippen molar-refractivity contribution in [3.63, 3.8) is 0 Å². The van der Waals surface area contributed by atoms with Gasteiger partial charge in [0.25, 0.3) is 0 Å². The smallest absolute Gasteiger partial charge is 0.344 e. The minimum absolute atomic E-state index is 0.0119. The fourth-order valence-corrected chi connectivity index (χ4v) is 2.94. The first-order chi connectivity index (χ1) is 6.99. The molecule has 1 aromatic heterocycles. The molecule has 0 aliphatic carbocycles. The summed E-state index contributed by atoms with van der Waals surface area (Å²) < 4.78 is 0.524. The minimum atomic E-state index is -0.888. The molecule has 0 bridgehead atoms. The number of carboxylic acid groups (broad SMARTS) is 1. The first-order valence-electron chi connectivity index (χ1n) is 3.97. The average molecular weight is 248 g/mol. The van der Waals surface area contributed by atoms with Crippen LogP contribution in [-0.4, -0.2) is 26.2 Å². The van der Waals surface area contributed by atoms with E-state index in [1.807, 2.05) is 0 Å². The number of carbonyl (C=O) groups is 1. The van der Waals surface area contributed by atoms with Gasteiger partial charge in [0.2, 0.25) is 0 Å². The molecule has 1 heterocycles. The third-order valence-corrected chi connectivity index (χ3v) is 3.57. The van der Waals surface area contributed by atoms with Crippen molar-refractivity contribution in [2.24, 2.45) is 0 Å². The number of hydrogen-bond acceptors (Lipinski definition) is 6.